The zero-order chi connectivity index (χ0) is 16.2. The normalized spacial score (nSPS) is 12.5. The molecule has 0 aliphatic rings. The van der Waals surface area contributed by atoms with Crippen LogP contribution in [0.25, 0.3) is 11.4 Å². The molecule has 0 spiro atoms. The number of pyridine rings is 1. The lowest BCUT2D eigenvalue weighted by Crippen LogP contribution is -2.22. The Labute approximate surface area is 133 Å². The van der Waals surface area contributed by atoms with E-state index < -0.39 is 0 Å². The number of aromatic nitrogens is 3. The molecule has 6 heteroatoms. The van der Waals surface area contributed by atoms with Crippen molar-refractivity contribution < 1.29 is 8.91 Å². The Morgan fingerprint density at radius 3 is 2.52 bits per heavy atom. The van der Waals surface area contributed by atoms with Gasteiger partial charge in [-0.05, 0) is 43.8 Å². The summed E-state index contributed by atoms with van der Waals surface area (Å²) in [5.41, 5.74) is 1.90. The van der Waals surface area contributed by atoms with Crippen LogP contribution in [-0.2, 0) is 6.54 Å². The van der Waals surface area contributed by atoms with Crippen LogP contribution >= 0.6 is 0 Å². The van der Waals surface area contributed by atoms with Crippen molar-refractivity contribution in [1.82, 2.24) is 20.0 Å². The van der Waals surface area contributed by atoms with Crippen LogP contribution in [0.5, 0.6) is 0 Å². The Morgan fingerprint density at radius 2 is 1.83 bits per heavy atom. The lowest BCUT2D eigenvalue weighted by molar-refractivity contribution is 0.216. The van der Waals surface area contributed by atoms with Crippen LogP contribution in [0, 0.1) is 5.82 Å². The molecule has 0 amide bonds. The third-order valence-electron chi connectivity index (χ3n) is 3.80. The first-order valence-corrected chi connectivity index (χ1v) is 7.32. The molecule has 0 saturated carbocycles. The first-order valence-electron chi connectivity index (χ1n) is 7.32. The second-order valence-electron chi connectivity index (χ2n) is 5.39. The van der Waals surface area contributed by atoms with E-state index in [2.05, 4.69) is 20.0 Å². The van der Waals surface area contributed by atoms with E-state index in [0.717, 1.165) is 11.1 Å². The Hall–Kier alpha value is -2.60. The molecule has 0 aliphatic carbocycles. The molecule has 0 radical (unpaired) electrons. The molecule has 0 unspecified atom stereocenters. The van der Waals surface area contributed by atoms with Crippen LogP contribution in [0.3, 0.4) is 0 Å². The van der Waals surface area contributed by atoms with Gasteiger partial charge in [0.1, 0.15) is 5.82 Å². The van der Waals surface area contributed by atoms with Gasteiger partial charge in [-0.25, -0.2) is 4.39 Å². The Bertz CT molecular complexity index is 758. The molecule has 0 fully saturated rings. The maximum Gasteiger partial charge on any atom is 0.241 e. The van der Waals surface area contributed by atoms with Crippen LogP contribution in [0.1, 0.15) is 24.4 Å². The molecular weight excluding hydrogens is 295 g/mol. The third kappa shape index (κ3) is 3.60. The molecular formula is C17H17FN4O. The van der Waals surface area contributed by atoms with Crippen molar-refractivity contribution in [3.05, 3.63) is 66.1 Å². The van der Waals surface area contributed by atoms with Gasteiger partial charge >= 0.3 is 0 Å². The van der Waals surface area contributed by atoms with Crippen LogP contribution in [0.2, 0.25) is 0 Å². The van der Waals surface area contributed by atoms with E-state index in [4.69, 9.17) is 4.52 Å². The molecule has 0 aliphatic heterocycles. The van der Waals surface area contributed by atoms with Crippen molar-refractivity contribution in [3.63, 3.8) is 0 Å². The van der Waals surface area contributed by atoms with Crippen LogP contribution in [0.15, 0.2) is 53.3 Å². The maximum absolute atomic E-state index is 13.0. The number of hydrogen-bond acceptors (Lipinski definition) is 5. The van der Waals surface area contributed by atoms with Crippen LogP contribution < -0.4 is 0 Å². The molecule has 0 saturated heterocycles. The zero-order valence-electron chi connectivity index (χ0n) is 13.0. The molecule has 2 aromatic heterocycles. The smallest absolute Gasteiger partial charge is 0.241 e. The summed E-state index contributed by atoms with van der Waals surface area (Å²) in [6, 6.07) is 10.3. The van der Waals surface area contributed by atoms with E-state index in [0.29, 0.717) is 18.3 Å². The van der Waals surface area contributed by atoms with Crippen LogP contribution in [-0.4, -0.2) is 27.1 Å². The first kappa shape index (κ1) is 15.3. The summed E-state index contributed by atoms with van der Waals surface area (Å²) in [5.74, 6) is 0.848. The lowest BCUT2D eigenvalue weighted by Gasteiger charge is -2.23. The fraction of sp³-hybridized carbons (Fsp3) is 0.235. The highest BCUT2D eigenvalue weighted by Crippen LogP contribution is 2.21. The summed E-state index contributed by atoms with van der Waals surface area (Å²) in [4.78, 5) is 10.4. The minimum atomic E-state index is -0.234. The third-order valence-corrected chi connectivity index (χ3v) is 3.80. The van der Waals surface area contributed by atoms with Crippen LogP contribution in [0.4, 0.5) is 4.39 Å². The van der Waals surface area contributed by atoms with Gasteiger partial charge < -0.3 is 4.52 Å². The summed E-state index contributed by atoms with van der Waals surface area (Å²) in [5, 5.41) is 3.99. The summed E-state index contributed by atoms with van der Waals surface area (Å²) in [6.07, 6.45) is 3.38. The maximum atomic E-state index is 13.0. The van der Waals surface area contributed by atoms with Gasteiger partial charge in [0.05, 0.1) is 6.54 Å². The topological polar surface area (TPSA) is 55.1 Å². The number of nitrogens with zero attached hydrogens (tertiary/aromatic N) is 4. The molecule has 1 atom stereocenters. The van der Waals surface area contributed by atoms with Gasteiger partial charge in [-0.2, -0.15) is 4.98 Å². The largest absolute Gasteiger partial charge is 0.338 e. The average molecular weight is 312 g/mol. The highest BCUT2D eigenvalue weighted by atomic mass is 19.1. The SMILES string of the molecule is C[C@@H](c1ccc(F)cc1)N(C)Cc1nc(-c2ccncc2)no1. The molecule has 118 valence electrons. The van der Waals surface area contributed by atoms with Gasteiger partial charge in [-0.3, -0.25) is 9.88 Å². The van der Waals surface area contributed by atoms with Crippen molar-refractivity contribution in [3.8, 4) is 11.4 Å². The summed E-state index contributed by atoms with van der Waals surface area (Å²) in [6.45, 7) is 2.56. The number of rotatable bonds is 5. The van der Waals surface area contributed by atoms with E-state index in [1.165, 1.54) is 12.1 Å². The van der Waals surface area contributed by atoms with Crippen molar-refractivity contribution in [1.29, 1.82) is 0 Å². The molecule has 1 aromatic carbocycles. The van der Waals surface area contributed by atoms with E-state index in [9.17, 15) is 4.39 Å². The standard InChI is InChI=1S/C17H17FN4O/c1-12(13-3-5-15(18)6-4-13)22(2)11-16-20-17(21-23-16)14-7-9-19-10-8-14/h3-10,12H,11H2,1-2H3/t12-/m0/s1. The number of benzene rings is 1. The summed E-state index contributed by atoms with van der Waals surface area (Å²) >= 11 is 0. The predicted octanol–water partition coefficient (Wildman–Crippen LogP) is 3.46. The van der Waals surface area contributed by atoms with E-state index in [1.807, 2.05) is 26.1 Å². The minimum Gasteiger partial charge on any atom is -0.338 e. The molecule has 0 N–H and O–H groups in total. The van der Waals surface area contributed by atoms with Crippen molar-refractivity contribution in [2.75, 3.05) is 7.05 Å². The highest BCUT2D eigenvalue weighted by molar-refractivity contribution is 5.52. The van der Waals surface area contributed by atoms with Crippen molar-refractivity contribution in [2.45, 2.75) is 19.5 Å². The van der Waals surface area contributed by atoms with E-state index in [1.54, 1.807) is 24.5 Å². The van der Waals surface area contributed by atoms with Crippen molar-refractivity contribution >= 4 is 0 Å². The Kier molecular flexibility index (Phi) is 4.43. The Morgan fingerprint density at radius 1 is 1.13 bits per heavy atom. The minimum absolute atomic E-state index is 0.104. The molecule has 3 aromatic rings. The van der Waals surface area contributed by atoms with Crippen molar-refractivity contribution in [2.24, 2.45) is 0 Å². The molecule has 2 heterocycles. The molecule has 5 nitrogen and oxygen atoms in total. The number of hydrogen-bond donors (Lipinski definition) is 0. The zero-order valence-corrected chi connectivity index (χ0v) is 13.0. The average Bonchev–Trinajstić information content (AvgIpc) is 3.04. The van der Waals surface area contributed by atoms with Gasteiger partial charge in [0.15, 0.2) is 0 Å². The van der Waals surface area contributed by atoms with Gasteiger partial charge in [0, 0.05) is 24.0 Å². The fourth-order valence-electron chi connectivity index (χ4n) is 2.28. The second-order valence-corrected chi connectivity index (χ2v) is 5.39. The second kappa shape index (κ2) is 6.66. The number of halogens is 1. The van der Waals surface area contributed by atoms with E-state index in [-0.39, 0.29) is 11.9 Å². The molecule has 0 bridgehead atoms. The highest BCUT2D eigenvalue weighted by Gasteiger charge is 2.16. The Balaban J connectivity index is 1.69. The summed E-state index contributed by atoms with van der Waals surface area (Å²) in [7, 11) is 1.96. The van der Waals surface area contributed by atoms with Gasteiger partial charge in [0.25, 0.3) is 0 Å². The van der Waals surface area contributed by atoms with Gasteiger partial charge in [-0.1, -0.05) is 17.3 Å². The lowest BCUT2D eigenvalue weighted by atomic mass is 10.1. The molecule has 3 rings (SSSR count). The van der Waals surface area contributed by atoms with Gasteiger partial charge in [0.2, 0.25) is 11.7 Å². The quantitative estimate of drug-likeness (QED) is 0.722. The molecule has 23 heavy (non-hydrogen) atoms. The first-order chi connectivity index (χ1) is 11.1. The fourth-order valence-corrected chi connectivity index (χ4v) is 2.28. The van der Waals surface area contributed by atoms with Gasteiger partial charge in [-0.15, -0.1) is 0 Å². The predicted molar refractivity (Wildman–Crippen MR) is 83.8 cm³/mol. The monoisotopic (exact) mass is 312 g/mol. The summed E-state index contributed by atoms with van der Waals surface area (Å²) < 4.78 is 18.3. The van der Waals surface area contributed by atoms with E-state index >= 15 is 0 Å².